The van der Waals surface area contributed by atoms with Crippen LogP contribution in [0.2, 0.25) is 0 Å². The van der Waals surface area contributed by atoms with Gasteiger partial charge in [-0.3, -0.25) is 9.69 Å². The summed E-state index contributed by atoms with van der Waals surface area (Å²) in [6, 6.07) is 5.97. The zero-order valence-corrected chi connectivity index (χ0v) is 13.0. The first-order valence-electron chi connectivity index (χ1n) is 7.12. The van der Waals surface area contributed by atoms with Crippen LogP contribution in [-0.4, -0.2) is 29.8 Å². The van der Waals surface area contributed by atoms with E-state index in [-0.39, 0.29) is 30.0 Å². The predicted octanol–water partition coefficient (Wildman–Crippen LogP) is 3.94. The number of hydrogen-bond donors (Lipinski definition) is 0. The maximum atomic E-state index is 13.3. The standard InChI is InChI=1S/C16H22FNO.ClH/c1-12(2)10-15(18-8-3-4-9-18)16(19)13-6-5-7-14(17)11-13;/h5-7,11-12,15H,3-4,8-10H2,1-2H3;1H. The van der Waals surface area contributed by atoms with Crippen LogP contribution in [0.15, 0.2) is 24.3 Å². The summed E-state index contributed by atoms with van der Waals surface area (Å²) in [4.78, 5) is 14.9. The highest BCUT2D eigenvalue weighted by Crippen LogP contribution is 2.21. The van der Waals surface area contributed by atoms with Crippen molar-refractivity contribution in [2.75, 3.05) is 13.1 Å². The monoisotopic (exact) mass is 299 g/mol. The molecule has 0 aliphatic carbocycles. The van der Waals surface area contributed by atoms with Crippen LogP contribution >= 0.6 is 12.4 Å². The molecule has 4 heteroatoms. The van der Waals surface area contributed by atoms with E-state index in [1.54, 1.807) is 12.1 Å². The van der Waals surface area contributed by atoms with Crippen molar-refractivity contribution < 1.29 is 9.18 Å². The molecule has 112 valence electrons. The predicted molar refractivity (Wildman–Crippen MR) is 82.0 cm³/mol. The molecular weight excluding hydrogens is 277 g/mol. The van der Waals surface area contributed by atoms with Gasteiger partial charge in [-0.15, -0.1) is 12.4 Å². The van der Waals surface area contributed by atoms with Gasteiger partial charge in [0, 0.05) is 5.56 Å². The summed E-state index contributed by atoms with van der Waals surface area (Å²) >= 11 is 0. The van der Waals surface area contributed by atoms with Gasteiger partial charge in [0.1, 0.15) is 5.82 Å². The summed E-state index contributed by atoms with van der Waals surface area (Å²) in [5, 5.41) is 0. The van der Waals surface area contributed by atoms with Crippen LogP contribution in [0.4, 0.5) is 4.39 Å². The fourth-order valence-electron chi connectivity index (χ4n) is 2.76. The van der Waals surface area contributed by atoms with E-state index in [0.29, 0.717) is 11.5 Å². The van der Waals surface area contributed by atoms with Gasteiger partial charge in [0.05, 0.1) is 6.04 Å². The lowest BCUT2D eigenvalue weighted by Crippen LogP contribution is -2.40. The molecule has 0 N–H and O–H groups in total. The number of carbonyl (C=O) groups is 1. The molecule has 0 bridgehead atoms. The third-order valence-corrected chi connectivity index (χ3v) is 3.69. The lowest BCUT2D eigenvalue weighted by molar-refractivity contribution is 0.0821. The number of carbonyl (C=O) groups excluding carboxylic acids is 1. The topological polar surface area (TPSA) is 20.3 Å². The van der Waals surface area contributed by atoms with Crippen LogP contribution in [0.5, 0.6) is 0 Å². The molecule has 1 atom stereocenters. The Labute approximate surface area is 126 Å². The smallest absolute Gasteiger partial charge is 0.180 e. The quantitative estimate of drug-likeness (QED) is 0.768. The van der Waals surface area contributed by atoms with Gasteiger partial charge in [0.15, 0.2) is 5.78 Å². The van der Waals surface area contributed by atoms with Crippen molar-refractivity contribution in [2.24, 2.45) is 5.92 Å². The second kappa shape index (κ2) is 7.75. The molecule has 0 spiro atoms. The van der Waals surface area contributed by atoms with Gasteiger partial charge < -0.3 is 0 Å². The molecule has 2 rings (SSSR count). The molecule has 1 aliphatic heterocycles. The van der Waals surface area contributed by atoms with Crippen molar-refractivity contribution in [1.29, 1.82) is 0 Å². The number of hydrogen-bond acceptors (Lipinski definition) is 2. The Hall–Kier alpha value is -0.930. The van der Waals surface area contributed by atoms with Crippen LogP contribution in [0, 0.1) is 11.7 Å². The van der Waals surface area contributed by atoms with E-state index in [9.17, 15) is 9.18 Å². The van der Waals surface area contributed by atoms with Crippen LogP contribution in [0.3, 0.4) is 0 Å². The summed E-state index contributed by atoms with van der Waals surface area (Å²) in [5.41, 5.74) is 0.498. The number of rotatable bonds is 5. The van der Waals surface area contributed by atoms with Gasteiger partial charge in [-0.1, -0.05) is 26.0 Å². The number of ketones is 1. The molecule has 20 heavy (non-hydrogen) atoms. The second-order valence-corrected chi connectivity index (χ2v) is 5.76. The SMILES string of the molecule is CC(C)CC(C(=O)c1cccc(F)c1)N1CCCC1.Cl. The maximum absolute atomic E-state index is 13.3. The van der Waals surface area contributed by atoms with E-state index in [0.717, 1.165) is 32.4 Å². The number of nitrogens with zero attached hydrogens (tertiary/aromatic N) is 1. The molecule has 2 nitrogen and oxygen atoms in total. The molecule has 1 aromatic carbocycles. The highest BCUT2D eigenvalue weighted by atomic mass is 35.5. The summed E-state index contributed by atoms with van der Waals surface area (Å²) in [6.07, 6.45) is 3.16. The number of benzene rings is 1. The minimum Gasteiger partial charge on any atom is -0.293 e. The highest BCUT2D eigenvalue weighted by molar-refractivity contribution is 6.00. The van der Waals surface area contributed by atoms with Crippen LogP contribution in [0.1, 0.15) is 43.5 Å². The van der Waals surface area contributed by atoms with Crippen molar-refractivity contribution in [2.45, 2.75) is 39.2 Å². The second-order valence-electron chi connectivity index (χ2n) is 5.76. The van der Waals surface area contributed by atoms with Crippen LogP contribution in [0.25, 0.3) is 0 Å². The van der Waals surface area contributed by atoms with Crippen LogP contribution < -0.4 is 0 Å². The number of likely N-dealkylation sites (tertiary alicyclic amines) is 1. The molecule has 1 fully saturated rings. The van der Waals surface area contributed by atoms with Gasteiger partial charge in [-0.25, -0.2) is 4.39 Å². The van der Waals surface area contributed by atoms with Gasteiger partial charge >= 0.3 is 0 Å². The third-order valence-electron chi connectivity index (χ3n) is 3.69. The third kappa shape index (κ3) is 4.29. The molecule has 0 amide bonds. The first kappa shape index (κ1) is 17.1. The molecule has 0 radical (unpaired) electrons. The molecule has 1 aliphatic rings. The maximum Gasteiger partial charge on any atom is 0.180 e. The summed E-state index contributed by atoms with van der Waals surface area (Å²) in [6.45, 7) is 6.22. The summed E-state index contributed by atoms with van der Waals surface area (Å²) in [5.74, 6) is 0.189. The Morgan fingerprint density at radius 1 is 1.30 bits per heavy atom. The van der Waals surface area contributed by atoms with E-state index in [1.807, 2.05) is 0 Å². The zero-order chi connectivity index (χ0) is 13.8. The Balaban J connectivity index is 0.00000200. The van der Waals surface area contributed by atoms with Crippen molar-refractivity contribution >= 4 is 18.2 Å². The number of halogens is 2. The van der Waals surface area contributed by atoms with Crippen molar-refractivity contribution in [3.63, 3.8) is 0 Å². The van der Waals surface area contributed by atoms with E-state index in [2.05, 4.69) is 18.7 Å². The average molecular weight is 300 g/mol. The molecular formula is C16H23ClFNO. The first-order valence-corrected chi connectivity index (χ1v) is 7.12. The van der Waals surface area contributed by atoms with Gasteiger partial charge in [0.2, 0.25) is 0 Å². The summed E-state index contributed by atoms with van der Waals surface area (Å²) in [7, 11) is 0. The summed E-state index contributed by atoms with van der Waals surface area (Å²) < 4.78 is 13.3. The first-order chi connectivity index (χ1) is 9.08. The Morgan fingerprint density at radius 3 is 2.50 bits per heavy atom. The van der Waals surface area contributed by atoms with E-state index in [1.165, 1.54) is 12.1 Å². The van der Waals surface area contributed by atoms with Crippen molar-refractivity contribution in [3.05, 3.63) is 35.6 Å². The van der Waals surface area contributed by atoms with Gasteiger partial charge in [-0.05, 0) is 50.4 Å². The molecule has 0 aromatic heterocycles. The molecule has 1 aromatic rings. The van der Waals surface area contributed by atoms with Gasteiger partial charge in [-0.2, -0.15) is 0 Å². The van der Waals surface area contributed by atoms with E-state index in [4.69, 9.17) is 0 Å². The lowest BCUT2D eigenvalue weighted by Gasteiger charge is -2.27. The minimum absolute atomic E-state index is 0. The van der Waals surface area contributed by atoms with E-state index < -0.39 is 0 Å². The van der Waals surface area contributed by atoms with Crippen LogP contribution in [-0.2, 0) is 0 Å². The molecule has 1 unspecified atom stereocenters. The Bertz CT molecular complexity index is 444. The highest BCUT2D eigenvalue weighted by Gasteiger charge is 2.29. The molecule has 1 heterocycles. The van der Waals surface area contributed by atoms with E-state index >= 15 is 0 Å². The average Bonchev–Trinajstić information content (AvgIpc) is 2.88. The fourth-order valence-corrected chi connectivity index (χ4v) is 2.76. The lowest BCUT2D eigenvalue weighted by atomic mass is 9.95. The minimum atomic E-state index is -0.337. The normalized spacial score (nSPS) is 17.0. The zero-order valence-electron chi connectivity index (χ0n) is 12.1. The Morgan fingerprint density at radius 2 is 1.95 bits per heavy atom. The molecule has 0 saturated carbocycles. The largest absolute Gasteiger partial charge is 0.293 e. The molecule has 1 saturated heterocycles. The van der Waals surface area contributed by atoms with Gasteiger partial charge in [0.25, 0.3) is 0 Å². The van der Waals surface area contributed by atoms with Crippen molar-refractivity contribution in [1.82, 2.24) is 4.90 Å². The Kier molecular flexibility index (Phi) is 6.63. The fraction of sp³-hybridized carbons (Fsp3) is 0.562. The van der Waals surface area contributed by atoms with Crippen molar-refractivity contribution in [3.8, 4) is 0 Å². The number of Topliss-reactive ketones (excluding diaryl/α,β-unsaturated/α-hetero) is 1.